The van der Waals surface area contributed by atoms with Gasteiger partial charge in [0.25, 0.3) is 0 Å². The van der Waals surface area contributed by atoms with E-state index in [1.165, 1.54) is 135 Å². The maximum atomic E-state index is 2.32. The van der Waals surface area contributed by atoms with Gasteiger partial charge in [0.05, 0.1) is 0 Å². The minimum Gasteiger partial charge on any atom is -0.344 e. The standard InChI is InChI=1S/C24H51B.H3N/c1-4-7-10-13-16-19-22-25(23-20-17-14-11-8-5-2)24-21-18-15-12-9-6-3;/h4-24H2,1-3H3;1H3. The van der Waals surface area contributed by atoms with Crippen molar-refractivity contribution in [2.45, 2.75) is 155 Å². The summed E-state index contributed by atoms with van der Waals surface area (Å²) in [4.78, 5) is 0. The predicted octanol–water partition coefficient (Wildman–Crippen LogP) is 9.72. The minimum absolute atomic E-state index is 0. The molecule has 0 aromatic heterocycles. The fraction of sp³-hybridized carbons (Fsp3) is 1.00. The molecule has 0 saturated carbocycles. The van der Waals surface area contributed by atoms with Crippen LogP contribution in [0.25, 0.3) is 0 Å². The highest BCUT2D eigenvalue weighted by molar-refractivity contribution is 6.58. The molecule has 0 aromatic rings. The van der Waals surface area contributed by atoms with Crippen molar-refractivity contribution in [3.05, 3.63) is 0 Å². The lowest BCUT2D eigenvalue weighted by Gasteiger charge is -2.14. The van der Waals surface area contributed by atoms with Crippen molar-refractivity contribution < 1.29 is 0 Å². The smallest absolute Gasteiger partial charge is 0.139 e. The van der Waals surface area contributed by atoms with E-state index in [4.69, 9.17) is 0 Å². The van der Waals surface area contributed by atoms with Crippen LogP contribution in [0.4, 0.5) is 0 Å². The Morgan fingerprint density at radius 1 is 0.346 bits per heavy atom. The van der Waals surface area contributed by atoms with Crippen LogP contribution in [0.5, 0.6) is 0 Å². The second kappa shape index (κ2) is 25.0. The van der Waals surface area contributed by atoms with Crippen molar-refractivity contribution >= 4 is 6.71 Å². The molecule has 3 N–H and O–H groups in total. The first-order valence-corrected chi connectivity index (χ1v) is 12.3. The molecule has 0 amide bonds. The summed E-state index contributed by atoms with van der Waals surface area (Å²) in [7, 11) is 0. The monoisotopic (exact) mass is 367 g/mol. The summed E-state index contributed by atoms with van der Waals surface area (Å²) in [6.07, 6.45) is 30.8. The van der Waals surface area contributed by atoms with Crippen LogP contribution in [-0.2, 0) is 0 Å². The van der Waals surface area contributed by atoms with E-state index in [1.807, 2.05) is 0 Å². The van der Waals surface area contributed by atoms with Crippen molar-refractivity contribution in [3.8, 4) is 0 Å². The van der Waals surface area contributed by atoms with Gasteiger partial charge >= 0.3 is 0 Å². The molecule has 0 heterocycles. The summed E-state index contributed by atoms with van der Waals surface area (Å²) in [5.41, 5.74) is 0. The Balaban J connectivity index is 0. The topological polar surface area (TPSA) is 35.0 Å². The van der Waals surface area contributed by atoms with Gasteiger partial charge in [0, 0.05) is 0 Å². The Morgan fingerprint density at radius 2 is 0.577 bits per heavy atom. The van der Waals surface area contributed by atoms with E-state index >= 15 is 0 Å². The molecule has 0 spiro atoms. The van der Waals surface area contributed by atoms with Gasteiger partial charge in [-0.1, -0.05) is 155 Å². The molecular weight excluding hydrogens is 313 g/mol. The van der Waals surface area contributed by atoms with Gasteiger partial charge in [-0.3, -0.25) is 0 Å². The molecule has 0 rings (SSSR count). The van der Waals surface area contributed by atoms with E-state index < -0.39 is 0 Å². The minimum atomic E-state index is 0. The van der Waals surface area contributed by atoms with Crippen molar-refractivity contribution in [1.29, 1.82) is 0 Å². The van der Waals surface area contributed by atoms with Crippen molar-refractivity contribution in [2.75, 3.05) is 0 Å². The largest absolute Gasteiger partial charge is 0.344 e. The third-order valence-corrected chi connectivity index (χ3v) is 5.90. The van der Waals surface area contributed by atoms with Crippen LogP contribution in [0.1, 0.15) is 136 Å². The van der Waals surface area contributed by atoms with E-state index in [2.05, 4.69) is 20.8 Å². The Hall–Kier alpha value is 0.0249. The lowest BCUT2D eigenvalue weighted by atomic mass is 9.41. The van der Waals surface area contributed by atoms with Gasteiger partial charge in [0.15, 0.2) is 0 Å². The van der Waals surface area contributed by atoms with Crippen LogP contribution in [-0.4, -0.2) is 6.71 Å². The number of hydrogen-bond donors (Lipinski definition) is 1. The van der Waals surface area contributed by atoms with Crippen molar-refractivity contribution in [2.24, 2.45) is 0 Å². The maximum absolute atomic E-state index is 2.32. The number of hydrogen-bond acceptors (Lipinski definition) is 1. The molecule has 158 valence electrons. The zero-order valence-corrected chi connectivity index (χ0v) is 19.1. The Labute approximate surface area is 168 Å². The van der Waals surface area contributed by atoms with Gasteiger partial charge in [0.1, 0.15) is 6.71 Å². The fourth-order valence-electron chi connectivity index (χ4n) is 4.07. The van der Waals surface area contributed by atoms with Crippen LogP contribution in [0.2, 0.25) is 19.0 Å². The predicted molar refractivity (Wildman–Crippen MR) is 125 cm³/mol. The molecule has 0 aliphatic rings. The van der Waals surface area contributed by atoms with Crippen LogP contribution in [0.15, 0.2) is 0 Å². The molecule has 0 fully saturated rings. The lowest BCUT2D eigenvalue weighted by molar-refractivity contribution is 0.610. The SMILES string of the molecule is CCCCCCCCB(CCCCCCCC)CCCCCCCC.N. The summed E-state index contributed by atoms with van der Waals surface area (Å²) in [5.74, 6) is 0. The molecule has 26 heavy (non-hydrogen) atoms. The lowest BCUT2D eigenvalue weighted by Crippen LogP contribution is -2.12. The Morgan fingerprint density at radius 3 is 0.846 bits per heavy atom. The highest BCUT2D eigenvalue weighted by Gasteiger charge is 2.12. The van der Waals surface area contributed by atoms with E-state index in [-0.39, 0.29) is 6.15 Å². The fourth-order valence-corrected chi connectivity index (χ4v) is 4.07. The molecule has 0 aliphatic carbocycles. The third kappa shape index (κ3) is 22.1. The van der Waals surface area contributed by atoms with Crippen LogP contribution < -0.4 is 6.15 Å². The van der Waals surface area contributed by atoms with E-state index in [0.29, 0.717) is 0 Å². The first-order valence-electron chi connectivity index (χ1n) is 12.3. The summed E-state index contributed by atoms with van der Waals surface area (Å²) in [5, 5.41) is 0. The van der Waals surface area contributed by atoms with Crippen molar-refractivity contribution in [3.63, 3.8) is 0 Å². The van der Waals surface area contributed by atoms with Gasteiger partial charge < -0.3 is 6.15 Å². The van der Waals surface area contributed by atoms with Crippen molar-refractivity contribution in [1.82, 2.24) is 6.15 Å². The van der Waals surface area contributed by atoms with Gasteiger partial charge in [0.2, 0.25) is 0 Å². The number of rotatable bonds is 21. The molecule has 1 nitrogen and oxygen atoms in total. The van der Waals surface area contributed by atoms with Gasteiger partial charge in [-0.2, -0.15) is 0 Å². The molecule has 0 aromatic carbocycles. The highest BCUT2D eigenvalue weighted by Crippen LogP contribution is 2.20. The molecule has 0 bridgehead atoms. The zero-order valence-electron chi connectivity index (χ0n) is 19.1. The first-order chi connectivity index (χ1) is 12.3. The zero-order chi connectivity index (χ0) is 18.4. The van der Waals surface area contributed by atoms with Crippen LogP contribution in [0, 0.1) is 0 Å². The van der Waals surface area contributed by atoms with Gasteiger partial charge in [-0.15, -0.1) is 0 Å². The molecule has 0 radical (unpaired) electrons. The maximum Gasteiger partial charge on any atom is 0.139 e. The summed E-state index contributed by atoms with van der Waals surface area (Å²) in [6, 6.07) is 0. The quantitative estimate of drug-likeness (QED) is 0.159. The van der Waals surface area contributed by atoms with Crippen LogP contribution >= 0.6 is 0 Å². The second-order valence-corrected chi connectivity index (χ2v) is 8.54. The van der Waals surface area contributed by atoms with E-state index in [9.17, 15) is 0 Å². The third-order valence-electron chi connectivity index (χ3n) is 5.90. The van der Waals surface area contributed by atoms with Crippen LogP contribution in [0.3, 0.4) is 0 Å². The summed E-state index contributed by atoms with van der Waals surface area (Å²) >= 11 is 0. The first kappa shape index (κ1) is 28.2. The Kier molecular flexibility index (Phi) is 27.2. The number of unbranched alkanes of at least 4 members (excludes halogenated alkanes) is 15. The summed E-state index contributed by atoms with van der Waals surface area (Å²) in [6.45, 7) is 7.99. The average molecular weight is 368 g/mol. The molecule has 0 saturated heterocycles. The van der Waals surface area contributed by atoms with E-state index in [1.54, 1.807) is 0 Å². The molecule has 0 aliphatic heterocycles. The highest BCUT2D eigenvalue weighted by atomic mass is 14.0. The average Bonchev–Trinajstić information content (AvgIpc) is 2.63. The normalized spacial score (nSPS) is 10.7. The van der Waals surface area contributed by atoms with E-state index in [0.717, 1.165) is 6.71 Å². The van der Waals surface area contributed by atoms with Gasteiger partial charge in [-0.05, 0) is 0 Å². The molecule has 0 atom stereocenters. The van der Waals surface area contributed by atoms with Gasteiger partial charge in [-0.25, -0.2) is 0 Å². The molecular formula is C24H54BN. The molecule has 0 unspecified atom stereocenters. The Bertz CT molecular complexity index is 194. The molecule has 2 heteroatoms. The summed E-state index contributed by atoms with van der Waals surface area (Å²) < 4.78 is 0. The second-order valence-electron chi connectivity index (χ2n) is 8.54.